The van der Waals surface area contributed by atoms with E-state index in [2.05, 4.69) is 10.3 Å². The molecule has 2 rings (SSSR count). The third-order valence-electron chi connectivity index (χ3n) is 2.23. The lowest BCUT2D eigenvalue weighted by Gasteiger charge is -2.09. The van der Waals surface area contributed by atoms with E-state index < -0.39 is 5.97 Å². The molecule has 0 saturated heterocycles. The Balaban J connectivity index is 2.38. The van der Waals surface area contributed by atoms with Crippen LogP contribution >= 0.6 is 34.8 Å². The van der Waals surface area contributed by atoms with E-state index in [-0.39, 0.29) is 16.5 Å². The molecule has 4 nitrogen and oxygen atoms in total. The first-order valence-electron chi connectivity index (χ1n) is 5.08. The first kappa shape index (κ1) is 13.9. The van der Waals surface area contributed by atoms with Crippen molar-refractivity contribution in [3.63, 3.8) is 0 Å². The van der Waals surface area contributed by atoms with Gasteiger partial charge in [0, 0.05) is 5.02 Å². The third kappa shape index (κ3) is 3.50. The second-order valence-electron chi connectivity index (χ2n) is 3.62. The predicted molar refractivity (Wildman–Crippen MR) is 76.0 cm³/mol. The fraction of sp³-hybridized carbons (Fsp3) is 0. The monoisotopic (exact) mass is 316 g/mol. The van der Waals surface area contributed by atoms with Crippen LogP contribution in [0.4, 0.5) is 11.5 Å². The van der Waals surface area contributed by atoms with Crippen LogP contribution in [0.1, 0.15) is 10.4 Å². The van der Waals surface area contributed by atoms with Gasteiger partial charge < -0.3 is 10.4 Å². The molecule has 0 saturated carbocycles. The molecular weight excluding hydrogens is 311 g/mol. The van der Waals surface area contributed by atoms with Crippen LogP contribution in [0.15, 0.2) is 30.3 Å². The molecule has 0 unspecified atom stereocenters. The number of carboxylic acid groups (broad SMARTS) is 1. The second-order valence-corrected chi connectivity index (χ2v) is 4.85. The first-order chi connectivity index (χ1) is 8.95. The fourth-order valence-corrected chi connectivity index (χ4v) is 1.96. The van der Waals surface area contributed by atoms with Crippen molar-refractivity contribution < 1.29 is 9.90 Å². The number of carboxylic acids is 1. The van der Waals surface area contributed by atoms with Crippen molar-refractivity contribution in [2.24, 2.45) is 0 Å². The van der Waals surface area contributed by atoms with Crippen LogP contribution in [-0.2, 0) is 0 Å². The molecule has 0 atom stereocenters. The summed E-state index contributed by atoms with van der Waals surface area (Å²) < 4.78 is 0. The van der Waals surface area contributed by atoms with Crippen molar-refractivity contribution in [2.75, 3.05) is 5.32 Å². The predicted octanol–water partition coefficient (Wildman–Crippen LogP) is 4.48. The molecule has 0 spiro atoms. The van der Waals surface area contributed by atoms with Crippen LogP contribution in [0.2, 0.25) is 15.2 Å². The lowest BCUT2D eigenvalue weighted by molar-refractivity contribution is 0.0697. The standard InChI is InChI=1S/C12H7Cl3N2O2/c13-7-1-2-8(14)9(5-7)16-11-4-6(12(18)19)3-10(15)17-11/h1-5H,(H,16,17)(H,18,19). The zero-order valence-corrected chi connectivity index (χ0v) is 11.6. The lowest BCUT2D eigenvalue weighted by atomic mass is 10.2. The number of hydrogen-bond acceptors (Lipinski definition) is 3. The second kappa shape index (κ2) is 5.65. The van der Waals surface area contributed by atoms with Gasteiger partial charge in [0.15, 0.2) is 0 Å². The number of aromatic carboxylic acids is 1. The van der Waals surface area contributed by atoms with Crippen molar-refractivity contribution in [1.82, 2.24) is 4.98 Å². The number of rotatable bonds is 3. The highest BCUT2D eigenvalue weighted by Crippen LogP contribution is 2.28. The van der Waals surface area contributed by atoms with Crippen molar-refractivity contribution in [2.45, 2.75) is 0 Å². The summed E-state index contributed by atoms with van der Waals surface area (Å²) in [6.07, 6.45) is 0. The Morgan fingerprint density at radius 3 is 2.58 bits per heavy atom. The van der Waals surface area contributed by atoms with Crippen molar-refractivity contribution in [1.29, 1.82) is 0 Å². The van der Waals surface area contributed by atoms with Crippen LogP contribution in [0.3, 0.4) is 0 Å². The summed E-state index contributed by atoms with van der Waals surface area (Å²) in [7, 11) is 0. The van der Waals surface area contributed by atoms with Gasteiger partial charge in [-0.1, -0.05) is 34.8 Å². The van der Waals surface area contributed by atoms with E-state index in [1.165, 1.54) is 12.1 Å². The molecule has 0 bridgehead atoms. The maximum absolute atomic E-state index is 10.9. The molecule has 0 amide bonds. The van der Waals surface area contributed by atoms with Crippen LogP contribution in [0.25, 0.3) is 0 Å². The number of nitrogens with zero attached hydrogens (tertiary/aromatic N) is 1. The molecule has 1 aromatic carbocycles. The lowest BCUT2D eigenvalue weighted by Crippen LogP contribution is -2.01. The number of aromatic nitrogens is 1. The molecule has 1 aromatic heterocycles. The van der Waals surface area contributed by atoms with Gasteiger partial charge in [-0.05, 0) is 30.3 Å². The van der Waals surface area contributed by atoms with Crippen LogP contribution in [0.5, 0.6) is 0 Å². The Bertz CT molecular complexity index is 647. The average molecular weight is 318 g/mol. The van der Waals surface area contributed by atoms with Gasteiger partial charge in [-0.2, -0.15) is 0 Å². The molecule has 19 heavy (non-hydrogen) atoms. The number of benzene rings is 1. The summed E-state index contributed by atoms with van der Waals surface area (Å²) in [5.74, 6) is -0.821. The minimum Gasteiger partial charge on any atom is -0.478 e. The SMILES string of the molecule is O=C(O)c1cc(Cl)nc(Nc2cc(Cl)ccc2Cl)c1. The molecule has 0 aliphatic heterocycles. The first-order valence-corrected chi connectivity index (χ1v) is 6.22. The normalized spacial score (nSPS) is 10.3. The van der Waals surface area contributed by atoms with Gasteiger partial charge >= 0.3 is 5.97 Å². The van der Waals surface area contributed by atoms with E-state index in [0.29, 0.717) is 15.7 Å². The quantitative estimate of drug-likeness (QED) is 0.819. The van der Waals surface area contributed by atoms with Gasteiger partial charge in [-0.25, -0.2) is 9.78 Å². The molecule has 0 radical (unpaired) electrons. The minimum absolute atomic E-state index is 0.0284. The zero-order valence-electron chi connectivity index (χ0n) is 9.32. The van der Waals surface area contributed by atoms with Gasteiger partial charge in [0.1, 0.15) is 11.0 Å². The van der Waals surface area contributed by atoms with E-state index in [1.54, 1.807) is 18.2 Å². The van der Waals surface area contributed by atoms with Crippen molar-refractivity contribution in [3.05, 3.63) is 51.1 Å². The Kier molecular flexibility index (Phi) is 4.14. The number of nitrogens with one attached hydrogen (secondary N) is 1. The van der Waals surface area contributed by atoms with E-state index in [1.807, 2.05) is 0 Å². The molecule has 0 fully saturated rings. The summed E-state index contributed by atoms with van der Waals surface area (Å²) in [5.41, 5.74) is 0.543. The van der Waals surface area contributed by atoms with Crippen molar-refractivity contribution in [3.8, 4) is 0 Å². The maximum atomic E-state index is 10.9. The Morgan fingerprint density at radius 2 is 1.89 bits per heavy atom. The van der Waals surface area contributed by atoms with E-state index >= 15 is 0 Å². The van der Waals surface area contributed by atoms with Crippen LogP contribution < -0.4 is 5.32 Å². The molecule has 2 aromatic rings. The largest absolute Gasteiger partial charge is 0.478 e. The van der Waals surface area contributed by atoms with E-state index in [4.69, 9.17) is 39.9 Å². The topological polar surface area (TPSA) is 62.2 Å². The summed E-state index contributed by atoms with van der Waals surface area (Å²) in [6, 6.07) is 7.48. The van der Waals surface area contributed by atoms with E-state index in [0.717, 1.165) is 0 Å². The molecule has 2 N–H and O–H groups in total. The molecule has 7 heteroatoms. The summed E-state index contributed by atoms with van der Waals surface area (Å²) in [6.45, 7) is 0. The third-order valence-corrected chi connectivity index (χ3v) is 2.99. The summed E-state index contributed by atoms with van der Waals surface area (Å²) in [5, 5.41) is 12.8. The Labute approximate surface area is 123 Å². The van der Waals surface area contributed by atoms with Gasteiger partial charge in [-0.3, -0.25) is 0 Å². The molecular formula is C12H7Cl3N2O2. The van der Waals surface area contributed by atoms with Gasteiger partial charge in [-0.15, -0.1) is 0 Å². The molecule has 1 heterocycles. The van der Waals surface area contributed by atoms with Crippen molar-refractivity contribution >= 4 is 52.3 Å². The highest BCUT2D eigenvalue weighted by molar-refractivity contribution is 6.35. The highest BCUT2D eigenvalue weighted by Gasteiger charge is 2.09. The number of hydrogen-bond donors (Lipinski definition) is 2. The van der Waals surface area contributed by atoms with Crippen LogP contribution in [-0.4, -0.2) is 16.1 Å². The zero-order chi connectivity index (χ0) is 14.0. The number of anilines is 2. The van der Waals surface area contributed by atoms with E-state index in [9.17, 15) is 4.79 Å². The smallest absolute Gasteiger partial charge is 0.335 e. The van der Waals surface area contributed by atoms with Gasteiger partial charge in [0.25, 0.3) is 0 Å². The number of pyridine rings is 1. The molecule has 0 aliphatic carbocycles. The average Bonchev–Trinajstić information content (AvgIpc) is 2.33. The van der Waals surface area contributed by atoms with Crippen LogP contribution in [0, 0.1) is 0 Å². The highest BCUT2D eigenvalue weighted by atomic mass is 35.5. The fourth-order valence-electron chi connectivity index (χ4n) is 1.42. The Morgan fingerprint density at radius 1 is 1.16 bits per heavy atom. The summed E-state index contributed by atoms with van der Waals surface area (Å²) in [4.78, 5) is 14.9. The number of halogens is 3. The maximum Gasteiger partial charge on any atom is 0.335 e. The molecule has 0 aliphatic rings. The minimum atomic E-state index is -1.09. The van der Waals surface area contributed by atoms with Gasteiger partial charge in [0.2, 0.25) is 0 Å². The molecule has 98 valence electrons. The van der Waals surface area contributed by atoms with Gasteiger partial charge in [0.05, 0.1) is 16.3 Å². The summed E-state index contributed by atoms with van der Waals surface area (Å²) >= 11 is 17.6. The number of carbonyl (C=O) groups is 1. The Hall–Kier alpha value is -1.49.